The number of carbonyl (C=O) groups is 2. The Kier molecular flexibility index (Phi) is 5.22. The molecule has 6 heteroatoms. The molecule has 150 valence electrons. The van der Waals surface area contributed by atoms with Gasteiger partial charge in [-0.1, -0.05) is 36.4 Å². The zero-order chi connectivity index (χ0) is 20.4. The number of Topliss-reactive ketones (excluding diaryl/α,β-unsaturated/α-hetero) is 1. The summed E-state index contributed by atoms with van der Waals surface area (Å²) in [5.74, 6) is 0.0355. The minimum Gasteiger partial charge on any atom is -0.486 e. The molecule has 2 aromatic rings. The molecule has 2 N–H and O–H groups in total. The summed E-state index contributed by atoms with van der Waals surface area (Å²) >= 11 is 0. The van der Waals surface area contributed by atoms with Crippen molar-refractivity contribution in [3.8, 4) is 5.75 Å². The van der Waals surface area contributed by atoms with E-state index in [1.165, 1.54) is 11.6 Å². The molecule has 2 atom stereocenters. The lowest BCUT2D eigenvalue weighted by Crippen LogP contribution is -2.51. The normalized spacial score (nSPS) is 24.3. The van der Waals surface area contributed by atoms with E-state index in [1.807, 2.05) is 18.2 Å². The van der Waals surface area contributed by atoms with Crippen LogP contribution in [0.1, 0.15) is 46.8 Å². The quantitative estimate of drug-likeness (QED) is 0.476. The third-order valence-electron chi connectivity index (χ3n) is 5.85. The topological polar surface area (TPSA) is 78.9 Å². The van der Waals surface area contributed by atoms with E-state index in [-0.39, 0.29) is 11.8 Å². The fourth-order valence-corrected chi connectivity index (χ4v) is 4.27. The van der Waals surface area contributed by atoms with Crippen LogP contribution in [0.3, 0.4) is 0 Å². The number of carbonyl (C=O) groups excluding carboxylic acids is 2. The molecule has 1 saturated heterocycles. The Labute approximate surface area is 169 Å². The summed E-state index contributed by atoms with van der Waals surface area (Å²) in [7, 11) is 2.12. The van der Waals surface area contributed by atoms with E-state index in [9.17, 15) is 9.59 Å². The number of fused-ring (bicyclic) bond motifs is 1. The number of nitrogens with one attached hydrogen (secondary N) is 1. The Morgan fingerprint density at radius 2 is 2.07 bits per heavy atom. The third-order valence-corrected chi connectivity index (χ3v) is 5.85. The fourth-order valence-electron chi connectivity index (χ4n) is 4.27. The first-order chi connectivity index (χ1) is 14.0. The van der Waals surface area contributed by atoms with Crippen LogP contribution in [-0.4, -0.2) is 41.0 Å². The van der Waals surface area contributed by atoms with Gasteiger partial charge in [-0.3, -0.25) is 19.7 Å². The maximum absolute atomic E-state index is 13.0. The van der Waals surface area contributed by atoms with Gasteiger partial charge in [0.05, 0.1) is 12.0 Å². The van der Waals surface area contributed by atoms with Gasteiger partial charge in [-0.25, -0.2) is 5.48 Å². The zero-order valence-corrected chi connectivity index (χ0v) is 16.3. The predicted molar refractivity (Wildman–Crippen MR) is 109 cm³/mol. The molecule has 2 unspecified atom stereocenters. The zero-order valence-electron chi connectivity index (χ0n) is 16.3. The number of benzene rings is 2. The maximum atomic E-state index is 13.0. The van der Waals surface area contributed by atoms with Crippen molar-refractivity contribution in [2.24, 2.45) is 0 Å². The number of amides is 1. The van der Waals surface area contributed by atoms with Gasteiger partial charge in [-0.15, -0.1) is 0 Å². The highest BCUT2D eigenvalue weighted by molar-refractivity contribution is 6.01. The summed E-state index contributed by atoms with van der Waals surface area (Å²) in [5, 5.41) is 8.58. The molecule has 2 aliphatic heterocycles. The first-order valence-corrected chi connectivity index (χ1v) is 9.73. The number of hydrogen-bond acceptors (Lipinski definition) is 5. The average molecular weight is 392 g/mol. The van der Waals surface area contributed by atoms with Crippen LogP contribution in [0.2, 0.25) is 0 Å². The molecule has 1 fully saturated rings. The third kappa shape index (κ3) is 3.95. The Morgan fingerprint density at radius 3 is 2.83 bits per heavy atom. The maximum Gasteiger partial charge on any atom is 0.267 e. The van der Waals surface area contributed by atoms with E-state index in [2.05, 4.69) is 24.1 Å². The van der Waals surface area contributed by atoms with Crippen molar-refractivity contribution in [2.45, 2.75) is 30.9 Å². The molecule has 1 amide bonds. The van der Waals surface area contributed by atoms with Gasteiger partial charge in [0.2, 0.25) is 0 Å². The van der Waals surface area contributed by atoms with Crippen LogP contribution in [0.5, 0.6) is 5.75 Å². The molecule has 2 aliphatic rings. The molecule has 0 radical (unpaired) electrons. The van der Waals surface area contributed by atoms with E-state index in [0.717, 1.165) is 19.4 Å². The standard InChI is InChI=1S/C23H24N2O4/c1-25-12-11-23(14-19(25)17-5-3-2-4-6-17)15-20(26)18-13-16(7-9-21(18)29-23)8-10-22(27)24-28/h2-10,13,19,28H,11-12,14-15H2,1H3,(H,24,27). The number of nitrogens with zero attached hydrogens (tertiary/aromatic N) is 1. The predicted octanol–water partition coefficient (Wildman–Crippen LogP) is 3.38. The van der Waals surface area contributed by atoms with Gasteiger partial charge in [0.15, 0.2) is 5.78 Å². The average Bonchev–Trinajstić information content (AvgIpc) is 2.75. The molecule has 1 spiro atoms. The molecular weight excluding hydrogens is 368 g/mol. The highest BCUT2D eigenvalue weighted by Crippen LogP contribution is 2.44. The first-order valence-electron chi connectivity index (χ1n) is 9.73. The summed E-state index contributed by atoms with van der Waals surface area (Å²) in [6.07, 6.45) is 4.66. The second-order valence-electron chi connectivity index (χ2n) is 7.81. The molecule has 29 heavy (non-hydrogen) atoms. The van der Waals surface area contributed by atoms with Crippen LogP contribution in [0, 0.1) is 0 Å². The van der Waals surface area contributed by atoms with Gasteiger partial charge in [0, 0.05) is 31.5 Å². The fraction of sp³-hybridized carbons (Fsp3) is 0.304. The SMILES string of the molecule is CN1CCC2(CC(=O)c3cc(C=CC(=O)NO)ccc3O2)CC1c1ccccc1. The van der Waals surface area contributed by atoms with E-state index in [4.69, 9.17) is 9.94 Å². The number of ketones is 1. The lowest BCUT2D eigenvalue weighted by molar-refractivity contribution is -0.124. The molecule has 0 bridgehead atoms. The smallest absolute Gasteiger partial charge is 0.267 e. The Morgan fingerprint density at radius 1 is 1.28 bits per heavy atom. The highest BCUT2D eigenvalue weighted by Gasteiger charge is 2.46. The van der Waals surface area contributed by atoms with Crippen LogP contribution >= 0.6 is 0 Å². The van der Waals surface area contributed by atoms with Gasteiger partial charge >= 0.3 is 0 Å². The monoisotopic (exact) mass is 392 g/mol. The Hall–Kier alpha value is -2.96. The second-order valence-corrected chi connectivity index (χ2v) is 7.81. The van der Waals surface area contributed by atoms with Gasteiger partial charge in [0.1, 0.15) is 11.4 Å². The second kappa shape index (κ2) is 7.81. The van der Waals surface area contributed by atoms with Gasteiger partial charge < -0.3 is 4.74 Å². The van der Waals surface area contributed by atoms with E-state index >= 15 is 0 Å². The van der Waals surface area contributed by atoms with Gasteiger partial charge in [-0.05, 0) is 36.4 Å². The molecule has 4 rings (SSSR count). The minimum absolute atomic E-state index is 0.0597. The highest BCUT2D eigenvalue weighted by atomic mass is 16.5. The van der Waals surface area contributed by atoms with Crippen LogP contribution < -0.4 is 10.2 Å². The number of rotatable bonds is 3. The molecular formula is C23H24N2O4. The van der Waals surface area contributed by atoms with Crippen molar-refractivity contribution in [1.82, 2.24) is 10.4 Å². The van der Waals surface area contributed by atoms with Crippen LogP contribution in [-0.2, 0) is 4.79 Å². The Bertz CT molecular complexity index is 957. The van der Waals surface area contributed by atoms with Gasteiger partial charge in [-0.2, -0.15) is 0 Å². The van der Waals surface area contributed by atoms with Crippen molar-refractivity contribution in [1.29, 1.82) is 0 Å². The largest absolute Gasteiger partial charge is 0.486 e. The summed E-state index contributed by atoms with van der Waals surface area (Å²) in [4.78, 5) is 26.5. The Balaban J connectivity index is 1.59. The van der Waals surface area contributed by atoms with Crippen molar-refractivity contribution >= 4 is 17.8 Å². The number of hydrogen-bond donors (Lipinski definition) is 2. The number of ether oxygens (including phenoxy) is 1. The van der Waals surface area contributed by atoms with Crippen LogP contribution in [0.25, 0.3) is 6.08 Å². The van der Waals surface area contributed by atoms with Crippen LogP contribution in [0.15, 0.2) is 54.6 Å². The number of likely N-dealkylation sites (tertiary alicyclic amines) is 1. The molecule has 0 aliphatic carbocycles. The van der Waals surface area contributed by atoms with E-state index in [1.54, 1.807) is 29.8 Å². The lowest BCUT2D eigenvalue weighted by Gasteiger charge is -2.47. The molecule has 6 nitrogen and oxygen atoms in total. The number of hydroxylamine groups is 1. The van der Waals surface area contributed by atoms with Crippen molar-refractivity contribution in [2.75, 3.05) is 13.6 Å². The number of piperidine rings is 1. The van der Waals surface area contributed by atoms with E-state index in [0.29, 0.717) is 23.3 Å². The van der Waals surface area contributed by atoms with Crippen molar-refractivity contribution in [3.63, 3.8) is 0 Å². The minimum atomic E-state index is -0.623. The summed E-state index contributed by atoms with van der Waals surface area (Å²) in [5.41, 5.74) is 3.52. The summed E-state index contributed by atoms with van der Waals surface area (Å²) in [6.45, 7) is 0.860. The first kappa shape index (κ1) is 19.4. The van der Waals surface area contributed by atoms with E-state index < -0.39 is 11.5 Å². The molecule has 2 aromatic carbocycles. The van der Waals surface area contributed by atoms with Gasteiger partial charge in [0.25, 0.3) is 5.91 Å². The van der Waals surface area contributed by atoms with Crippen molar-refractivity contribution in [3.05, 3.63) is 71.3 Å². The summed E-state index contributed by atoms with van der Waals surface area (Å²) < 4.78 is 6.44. The summed E-state index contributed by atoms with van der Waals surface area (Å²) in [6, 6.07) is 15.9. The molecule has 0 aromatic heterocycles. The van der Waals surface area contributed by atoms with Crippen LogP contribution in [0.4, 0.5) is 0 Å². The lowest BCUT2D eigenvalue weighted by atomic mass is 9.78. The van der Waals surface area contributed by atoms with Crippen molar-refractivity contribution < 1.29 is 19.5 Å². The molecule has 0 saturated carbocycles. The molecule has 2 heterocycles.